The number of benzene rings is 2. The molecule has 4 rings (SSSR count). The Hall–Kier alpha value is -3.19. The van der Waals surface area contributed by atoms with E-state index >= 15 is 0 Å². The van der Waals surface area contributed by atoms with Crippen LogP contribution in [0.1, 0.15) is 48.0 Å². The molecule has 1 aliphatic heterocycles. The van der Waals surface area contributed by atoms with E-state index in [4.69, 9.17) is 22.3 Å². The summed E-state index contributed by atoms with van der Waals surface area (Å²) >= 11 is 5.99. The summed E-state index contributed by atoms with van der Waals surface area (Å²) in [5, 5.41) is 3.30. The van der Waals surface area contributed by atoms with Crippen molar-refractivity contribution in [3.63, 3.8) is 0 Å². The molecule has 2 aromatic rings. The Bertz CT molecular complexity index is 1060. The number of aliphatic imine (C=N–C) groups is 1. The fourth-order valence-electron chi connectivity index (χ4n) is 4.29. The number of hydrogen-bond donors (Lipinski definition) is 2. The van der Waals surface area contributed by atoms with E-state index in [-0.39, 0.29) is 18.0 Å². The van der Waals surface area contributed by atoms with Gasteiger partial charge in [0.2, 0.25) is 5.91 Å². The largest absolute Gasteiger partial charge is 0.366 e. The van der Waals surface area contributed by atoms with Gasteiger partial charge in [0.05, 0.1) is 11.3 Å². The molecule has 1 fully saturated rings. The maximum Gasteiger partial charge on any atom is 0.275 e. The minimum atomic E-state index is -0.717. The highest BCUT2D eigenvalue weighted by molar-refractivity contribution is 6.47. The van der Waals surface area contributed by atoms with Crippen molar-refractivity contribution in [2.75, 3.05) is 11.9 Å². The predicted molar refractivity (Wildman–Crippen MR) is 119 cm³/mol. The lowest BCUT2D eigenvalue weighted by Gasteiger charge is -2.38. The summed E-state index contributed by atoms with van der Waals surface area (Å²) in [5.41, 5.74) is 6.25. The number of halogens is 1. The number of carbonyl (C=O) groups excluding carboxylic acids is 3. The van der Waals surface area contributed by atoms with E-state index in [9.17, 15) is 14.4 Å². The molecule has 1 heterocycles. The van der Waals surface area contributed by atoms with Crippen molar-refractivity contribution in [3.8, 4) is 0 Å². The van der Waals surface area contributed by atoms with Crippen molar-refractivity contribution >= 4 is 40.7 Å². The summed E-state index contributed by atoms with van der Waals surface area (Å²) in [5.74, 6) is -1.31. The van der Waals surface area contributed by atoms with Gasteiger partial charge in [0.25, 0.3) is 11.8 Å². The summed E-state index contributed by atoms with van der Waals surface area (Å²) < 4.78 is 0. The van der Waals surface area contributed by atoms with Gasteiger partial charge in [-0.25, -0.2) is 0 Å². The van der Waals surface area contributed by atoms with Gasteiger partial charge in [-0.15, -0.1) is 0 Å². The Morgan fingerprint density at radius 3 is 2.42 bits per heavy atom. The SMILES string of the molecule is NC(=O)c1ccccc1NC(=O)CN1C(=O)C(c2ccc(Cl)cc2)=NC12CCCCC2. The van der Waals surface area contributed by atoms with Crippen molar-refractivity contribution in [2.45, 2.75) is 37.8 Å². The second-order valence-corrected chi connectivity index (χ2v) is 8.30. The van der Waals surface area contributed by atoms with Gasteiger partial charge in [-0.2, -0.15) is 0 Å². The number of nitrogens with two attached hydrogens (primary N) is 1. The minimum absolute atomic E-state index is 0.160. The van der Waals surface area contributed by atoms with Crippen LogP contribution < -0.4 is 11.1 Å². The summed E-state index contributed by atoms with van der Waals surface area (Å²) in [7, 11) is 0. The molecule has 1 aliphatic carbocycles. The number of hydrogen-bond acceptors (Lipinski definition) is 4. The number of anilines is 1. The molecular weight excluding hydrogens is 416 g/mol. The van der Waals surface area contributed by atoms with E-state index in [0.717, 1.165) is 19.3 Å². The van der Waals surface area contributed by atoms with Crippen molar-refractivity contribution in [1.82, 2.24) is 4.90 Å². The Morgan fingerprint density at radius 1 is 1.06 bits per heavy atom. The number of nitrogens with one attached hydrogen (secondary N) is 1. The van der Waals surface area contributed by atoms with E-state index in [1.807, 2.05) is 0 Å². The molecule has 2 aliphatic rings. The van der Waals surface area contributed by atoms with Gasteiger partial charge in [0.15, 0.2) is 0 Å². The van der Waals surface area contributed by atoms with E-state index in [0.29, 0.717) is 34.8 Å². The van der Waals surface area contributed by atoms with Crippen molar-refractivity contribution in [2.24, 2.45) is 10.7 Å². The third kappa shape index (κ3) is 4.18. The van der Waals surface area contributed by atoms with Crippen LogP contribution in [0.5, 0.6) is 0 Å². The molecule has 8 heteroatoms. The number of para-hydroxylation sites is 1. The molecule has 31 heavy (non-hydrogen) atoms. The van der Waals surface area contributed by atoms with Crippen LogP contribution >= 0.6 is 11.6 Å². The van der Waals surface area contributed by atoms with Gasteiger partial charge >= 0.3 is 0 Å². The van der Waals surface area contributed by atoms with Crippen LogP contribution in [0.15, 0.2) is 53.5 Å². The highest BCUT2D eigenvalue weighted by atomic mass is 35.5. The fourth-order valence-corrected chi connectivity index (χ4v) is 4.41. The second kappa shape index (κ2) is 8.51. The van der Waals surface area contributed by atoms with Gasteiger partial charge in [-0.05, 0) is 49.9 Å². The van der Waals surface area contributed by atoms with Crippen LogP contribution in [0.25, 0.3) is 0 Å². The molecule has 7 nitrogen and oxygen atoms in total. The molecular formula is C23H23ClN4O3. The first-order valence-corrected chi connectivity index (χ1v) is 10.6. The molecule has 2 aromatic carbocycles. The molecule has 0 aromatic heterocycles. The second-order valence-electron chi connectivity index (χ2n) is 7.86. The Labute approximate surface area is 185 Å². The summed E-state index contributed by atoms with van der Waals surface area (Å²) in [4.78, 5) is 44.3. The Balaban J connectivity index is 1.59. The molecule has 1 saturated carbocycles. The molecule has 3 amide bonds. The van der Waals surface area contributed by atoms with Crippen LogP contribution in [0.2, 0.25) is 5.02 Å². The fraction of sp³-hybridized carbons (Fsp3) is 0.304. The zero-order chi connectivity index (χ0) is 22.0. The quantitative estimate of drug-likeness (QED) is 0.747. The standard InChI is InChI=1S/C23H23ClN4O3/c24-16-10-8-15(9-11-16)20-22(31)28(23(27-20)12-4-1-5-13-23)14-19(29)26-18-7-3-2-6-17(18)21(25)30/h2-3,6-11H,1,4-5,12-14H2,(H2,25,30)(H,26,29). The maximum absolute atomic E-state index is 13.3. The number of primary amides is 1. The lowest BCUT2D eigenvalue weighted by Crippen LogP contribution is -2.51. The van der Waals surface area contributed by atoms with Crippen LogP contribution in [0.4, 0.5) is 5.69 Å². The topological polar surface area (TPSA) is 105 Å². The van der Waals surface area contributed by atoms with Gasteiger partial charge < -0.3 is 16.0 Å². The molecule has 0 atom stereocenters. The predicted octanol–water partition coefficient (Wildman–Crippen LogP) is 3.37. The van der Waals surface area contributed by atoms with Crippen molar-refractivity contribution < 1.29 is 14.4 Å². The monoisotopic (exact) mass is 438 g/mol. The summed E-state index contributed by atoms with van der Waals surface area (Å²) in [6, 6.07) is 13.5. The van der Waals surface area contributed by atoms with Gasteiger partial charge in [0, 0.05) is 10.6 Å². The third-order valence-electron chi connectivity index (χ3n) is 5.81. The normalized spacial score (nSPS) is 17.5. The number of nitrogens with zero attached hydrogens (tertiary/aromatic N) is 2. The molecule has 0 saturated heterocycles. The molecule has 1 spiro atoms. The number of amides is 3. The van der Waals surface area contributed by atoms with E-state index in [1.54, 1.807) is 53.4 Å². The number of rotatable bonds is 5. The van der Waals surface area contributed by atoms with E-state index < -0.39 is 17.5 Å². The van der Waals surface area contributed by atoms with Gasteiger partial charge in [0.1, 0.15) is 17.9 Å². The summed E-state index contributed by atoms with van der Waals surface area (Å²) in [6.45, 7) is -0.160. The summed E-state index contributed by atoms with van der Waals surface area (Å²) in [6.07, 6.45) is 4.37. The molecule has 0 bridgehead atoms. The Morgan fingerprint density at radius 2 is 1.74 bits per heavy atom. The molecule has 160 valence electrons. The Kier molecular flexibility index (Phi) is 5.78. The first-order chi connectivity index (χ1) is 14.9. The number of carbonyl (C=O) groups is 3. The molecule has 0 radical (unpaired) electrons. The highest BCUT2D eigenvalue weighted by Gasteiger charge is 2.48. The third-order valence-corrected chi connectivity index (χ3v) is 6.06. The first kappa shape index (κ1) is 21.1. The molecule has 0 unspecified atom stereocenters. The average molecular weight is 439 g/mol. The maximum atomic E-state index is 13.3. The smallest absolute Gasteiger partial charge is 0.275 e. The zero-order valence-corrected chi connectivity index (χ0v) is 17.7. The van der Waals surface area contributed by atoms with Gasteiger partial charge in [-0.1, -0.05) is 42.3 Å². The van der Waals surface area contributed by atoms with Crippen molar-refractivity contribution in [3.05, 3.63) is 64.7 Å². The van der Waals surface area contributed by atoms with E-state index in [2.05, 4.69) is 5.32 Å². The minimum Gasteiger partial charge on any atom is -0.366 e. The highest BCUT2D eigenvalue weighted by Crippen LogP contribution is 2.39. The van der Waals surface area contributed by atoms with E-state index in [1.165, 1.54) is 0 Å². The molecule has 3 N–H and O–H groups in total. The first-order valence-electron chi connectivity index (χ1n) is 10.3. The zero-order valence-electron chi connectivity index (χ0n) is 16.9. The lowest BCUT2D eigenvalue weighted by atomic mass is 9.88. The van der Waals surface area contributed by atoms with Crippen LogP contribution in [-0.2, 0) is 9.59 Å². The van der Waals surface area contributed by atoms with Crippen LogP contribution in [-0.4, -0.2) is 40.5 Å². The van der Waals surface area contributed by atoms with Crippen LogP contribution in [0, 0.1) is 0 Å². The van der Waals surface area contributed by atoms with Crippen LogP contribution in [0.3, 0.4) is 0 Å². The van der Waals surface area contributed by atoms with Gasteiger partial charge in [-0.3, -0.25) is 19.4 Å². The lowest BCUT2D eigenvalue weighted by molar-refractivity contribution is -0.134. The average Bonchev–Trinajstić information content (AvgIpc) is 3.01. The van der Waals surface area contributed by atoms with Crippen molar-refractivity contribution in [1.29, 1.82) is 0 Å².